The van der Waals surface area contributed by atoms with Gasteiger partial charge in [-0.3, -0.25) is 9.59 Å². The van der Waals surface area contributed by atoms with E-state index in [1.807, 2.05) is 31.2 Å². The van der Waals surface area contributed by atoms with Gasteiger partial charge >= 0.3 is 0 Å². The molecule has 2 amide bonds. The summed E-state index contributed by atoms with van der Waals surface area (Å²) in [6.45, 7) is 2.30. The molecule has 0 aliphatic carbocycles. The highest BCUT2D eigenvalue weighted by Crippen LogP contribution is 2.23. The minimum Gasteiger partial charge on any atom is -0.398 e. The maximum atomic E-state index is 12.6. The number of hydrogen-bond donors (Lipinski definition) is 2. The number of hydrogen-bond acceptors (Lipinski definition) is 3. The summed E-state index contributed by atoms with van der Waals surface area (Å²) in [6.07, 6.45) is 0. The highest BCUT2D eigenvalue weighted by atomic mass is 16.2. The van der Waals surface area contributed by atoms with E-state index in [0.717, 1.165) is 10.8 Å². The van der Waals surface area contributed by atoms with Gasteiger partial charge in [0.1, 0.15) is 0 Å². The molecule has 0 aromatic heterocycles. The van der Waals surface area contributed by atoms with Crippen LogP contribution in [0.3, 0.4) is 0 Å². The number of fused-ring (bicyclic) bond motifs is 1. The van der Waals surface area contributed by atoms with Crippen molar-refractivity contribution in [3.8, 4) is 0 Å². The van der Waals surface area contributed by atoms with E-state index in [4.69, 9.17) is 5.73 Å². The van der Waals surface area contributed by atoms with Crippen LogP contribution in [0.15, 0.2) is 36.4 Å². The van der Waals surface area contributed by atoms with E-state index in [0.29, 0.717) is 17.8 Å². The van der Waals surface area contributed by atoms with Crippen LogP contribution in [0.25, 0.3) is 10.8 Å². The van der Waals surface area contributed by atoms with Gasteiger partial charge in [0.25, 0.3) is 5.91 Å². The van der Waals surface area contributed by atoms with Crippen LogP contribution in [0.2, 0.25) is 0 Å². The monoisotopic (exact) mass is 285 g/mol. The Bertz CT molecular complexity index is 682. The lowest BCUT2D eigenvalue weighted by Gasteiger charge is -2.21. The Morgan fingerprint density at radius 1 is 1.19 bits per heavy atom. The van der Waals surface area contributed by atoms with Crippen LogP contribution in [0.5, 0.6) is 0 Å². The van der Waals surface area contributed by atoms with E-state index in [-0.39, 0.29) is 18.4 Å². The van der Waals surface area contributed by atoms with Gasteiger partial charge in [-0.1, -0.05) is 24.3 Å². The molecule has 0 aliphatic rings. The molecule has 0 saturated carbocycles. The predicted molar refractivity (Wildman–Crippen MR) is 84.0 cm³/mol. The second-order valence-electron chi connectivity index (χ2n) is 4.78. The highest BCUT2D eigenvalue weighted by molar-refractivity contribution is 6.04. The van der Waals surface area contributed by atoms with Crippen LogP contribution in [-0.4, -0.2) is 36.9 Å². The lowest BCUT2D eigenvalue weighted by molar-refractivity contribution is -0.121. The van der Waals surface area contributed by atoms with E-state index in [1.165, 1.54) is 4.90 Å². The van der Waals surface area contributed by atoms with Crippen molar-refractivity contribution in [3.63, 3.8) is 0 Å². The lowest BCUT2D eigenvalue weighted by Crippen LogP contribution is -2.39. The maximum absolute atomic E-state index is 12.6. The average molecular weight is 285 g/mol. The Hall–Kier alpha value is -2.56. The van der Waals surface area contributed by atoms with Gasteiger partial charge in [-0.25, -0.2) is 0 Å². The third-order valence-corrected chi connectivity index (χ3v) is 3.43. The molecule has 2 rings (SSSR count). The number of nitrogens with one attached hydrogen (secondary N) is 1. The Morgan fingerprint density at radius 3 is 2.38 bits per heavy atom. The van der Waals surface area contributed by atoms with Crippen LogP contribution >= 0.6 is 0 Å². The fourth-order valence-electron chi connectivity index (χ4n) is 2.19. The number of likely N-dealkylation sites (N-methyl/N-ethyl adjacent to an activating group) is 2. The molecule has 0 spiro atoms. The third-order valence-electron chi connectivity index (χ3n) is 3.43. The summed E-state index contributed by atoms with van der Waals surface area (Å²) in [7, 11) is 1.55. The van der Waals surface area contributed by atoms with E-state index < -0.39 is 0 Å². The van der Waals surface area contributed by atoms with Crippen molar-refractivity contribution in [1.29, 1.82) is 0 Å². The fourth-order valence-corrected chi connectivity index (χ4v) is 2.19. The molecule has 0 heterocycles. The smallest absolute Gasteiger partial charge is 0.256 e. The number of anilines is 1. The summed E-state index contributed by atoms with van der Waals surface area (Å²) in [4.78, 5) is 25.5. The first kappa shape index (κ1) is 14.8. The number of rotatable bonds is 4. The number of carbonyl (C=O) groups is 2. The van der Waals surface area contributed by atoms with Crippen molar-refractivity contribution in [2.24, 2.45) is 0 Å². The zero-order valence-corrected chi connectivity index (χ0v) is 12.2. The van der Waals surface area contributed by atoms with E-state index in [1.54, 1.807) is 19.2 Å². The Morgan fingerprint density at radius 2 is 1.81 bits per heavy atom. The van der Waals surface area contributed by atoms with Gasteiger partial charge in [-0.2, -0.15) is 0 Å². The lowest BCUT2D eigenvalue weighted by atomic mass is 10.0. The molecule has 21 heavy (non-hydrogen) atoms. The van der Waals surface area contributed by atoms with Crippen molar-refractivity contribution < 1.29 is 9.59 Å². The molecular formula is C16H19N3O2. The number of carbonyl (C=O) groups excluding carboxylic acids is 2. The third kappa shape index (κ3) is 3.13. The molecule has 0 fully saturated rings. The van der Waals surface area contributed by atoms with Gasteiger partial charge in [-0.15, -0.1) is 0 Å². The quantitative estimate of drug-likeness (QED) is 0.838. The van der Waals surface area contributed by atoms with Crippen LogP contribution < -0.4 is 11.1 Å². The predicted octanol–water partition coefficient (Wildman–Crippen LogP) is 1.63. The van der Waals surface area contributed by atoms with Gasteiger partial charge in [0.05, 0.1) is 12.1 Å². The molecule has 2 aromatic carbocycles. The molecule has 3 N–H and O–H groups in total. The molecule has 110 valence electrons. The minimum atomic E-state index is -0.232. The van der Waals surface area contributed by atoms with Crippen molar-refractivity contribution in [3.05, 3.63) is 42.0 Å². The Kier molecular flexibility index (Phi) is 4.42. The van der Waals surface area contributed by atoms with Crippen LogP contribution in [-0.2, 0) is 4.79 Å². The van der Waals surface area contributed by atoms with Gasteiger partial charge in [0.15, 0.2) is 0 Å². The molecule has 5 heteroatoms. The van der Waals surface area contributed by atoms with E-state index in [9.17, 15) is 9.59 Å². The Balaban J connectivity index is 2.37. The molecule has 0 aliphatic heterocycles. The number of benzene rings is 2. The number of amides is 2. The zero-order valence-electron chi connectivity index (χ0n) is 12.2. The average Bonchev–Trinajstić information content (AvgIpc) is 2.50. The van der Waals surface area contributed by atoms with Gasteiger partial charge in [0.2, 0.25) is 5.91 Å². The normalized spacial score (nSPS) is 10.4. The van der Waals surface area contributed by atoms with Gasteiger partial charge < -0.3 is 16.0 Å². The van der Waals surface area contributed by atoms with Crippen molar-refractivity contribution in [1.82, 2.24) is 10.2 Å². The first-order valence-corrected chi connectivity index (χ1v) is 6.85. The maximum Gasteiger partial charge on any atom is 0.256 e. The second kappa shape index (κ2) is 6.26. The summed E-state index contributed by atoms with van der Waals surface area (Å²) in [5, 5.41) is 4.45. The molecular weight excluding hydrogens is 266 g/mol. The number of nitrogen functional groups attached to an aromatic ring is 1. The van der Waals surface area contributed by atoms with Gasteiger partial charge in [-0.05, 0) is 29.8 Å². The van der Waals surface area contributed by atoms with Crippen molar-refractivity contribution in [2.75, 3.05) is 25.9 Å². The second-order valence-corrected chi connectivity index (χ2v) is 4.78. The van der Waals surface area contributed by atoms with Crippen LogP contribution in [0.1, 0.15) is 17.3 Å². The summed E-state index contributed by atoms with van der Waals surface area (Å²) < 4.78 is 0. The topological polar surface area (TPSA) is 75.4 Å². The first-order valence-electron chi connectivity index (χ1n) is 6.85. The summed E-state index contributed by atoms with van der Waals surface area (Å²) >= 11 is 0. The fraction of sp³-hybridized carbons (Fsp3) is 0.250. The summed E-state index contributed by atoms with van der Waals surface area (Å²) in [6, 6.07) is 11.3. The van der Waals surface area contributed by atoms with Crippen LogP contribution in [0.4, 0.5) is 5.69 Å². The molecule has 2 aromatic rings. The summed E-state index contributed by atoms with van der Waals surface area (Å²) in [5.74, 6) is -0.436. The Labute approximate surface area is 123 Å². The zero-order chi connectivity index (χ0) is 15.4. The summed E-state index contributed by atoms with van der Waals surface area (Å²) in [5.41, 5.74) is 6.85. The van der Waals surface area contributed by atoms with E-state index >= 15 is 0 Å². The highest BCUT2D eigenvalue weighted by Gasteiger charge is 2.19. The number of nitrogens with zero attached hydrogens (tertiary/aromatic N) is 1. The minimum absolute atomic E-state index is 0.0259. The molecule has 0 atom stereocenters. The molecule has 0 saturated heterocycles. The van der Waals surface area contributed by atoms with Crippen molar-refractivity contribution in [2.45, 2.75) is 6.92 Å². The largest absolute Gasteiger partial charge is 0.398 e. The number of nitrogens with two attached hydrogens (primary N) is 1. The molecule has 0 unspecified atom stereocenters. The molecule has 0 radical (unpaired) electrons. The molecule has 0 bridgehead atoms. The van der Waals surface area contributed by atoms with E-state index in [2.05, 4.69) is 5.32 Å². The molecule has 5 nitrogen and oxygen atoms in total. The SMILES string of the molecule is CCN(CC(=O)NC)C(=O)c1cc2ccccc2cc1N. The van der Waals surface area contributed by atoms with Gasteiger partial charge in [0, 0.05) is 19.3 Å². The standard InChI is InChI=1S/C16H19N3O2/c1-3-19(10-15(20)18-2)16(21)13-8-11-6-4-5-7-12(11)9-14(13)17/h4-9H,3,10,17H2,1-2H3,(H,18,20). The van der Waals surface area contributed by atoms with Crippen LogP contribution in [0, 0.1) is 0 Å². The first-order chi connectivity index (χ1) is 10.1. The van der Waals surface area contributed by atoms with Crippen molar-refractivity contribution >= 4 is 28.3 Å².